The molecule has 0 aliphatic rings. The SMILES string of the molecule is Cc1[nH]cc(NC(=O)c2ccc([N+](=O)[O-])[nH]2)c1C(=O)O. The zero-order valence-corrected chi connectivity index (χ0v) is 10.3. The smallest absolute Gasteiger partial charge is 0.339 e. The number of anilines is 1. The fraction of sp³-hybridized carbons (Fsp3) is 0.0909. The van der Waals surface area contributed by atoms with Crippen molar-refractivity contribution in [1.82, 2.24) is 9.97 Å². The average molecular weight is 278 g/mol. The predicted molar refractivity (Wildman–Crippen MR) is 67.9 cm³/mol. The summed E-state index contributed by atoms with van der Waals surface area (Å²) in [7, 11) is 0. The van der Waals surface area contributed by atoms with E-state index in [4.69, 9.17) is 5.11 Å². The van der Waals surface area contributed by atoms with Gasteiger partial charge in [-0.15, -0.1) is 0 Å². The molecule has 4 N–H and O–H groups in total. The Morgan fingerprint density at radius 3 is 2.65 bits per heavy atom. The van der Waals surface area contributed by atoms with Crippen molar-refractivity contribution < 1.29 is 19.6 Å². The summed E-state index contributed by atoms with van der Waals surface area (Å²) in [4.78, 5) is 37.7. The number of aryl methyl sites for hydroxylation is 1. The van der Waals surface area contributed by atoms with Crippen LogP contribution in [0.2, 0.25) is 0 Å². The van der Waals surface area contributed by atoms with Crippen molar-refractivity contribution in [3.05, 3.63) is 45.4 Å². The van der Waals surface area contributed by atoms with Gasteiger partial charge in [0.25, 0.3) is 5.91 Å². The predicted octanol–water partition coefficient (Wildman–Crippen LogP) is 1.51. The average Bonchev–Trinajstić information content (AvgIpc) is 2.96. The van der Waals surface area contributed by atoms with Crippen LogP contribution in [0.4, 0.5) is 11.5 Å². The monoisotopic (exact) mass is 278 g/mol. The number of aromatic nitrogens is 2. The first-order valence-corrected chi connectivity index (χ1v) is 5.46. The number of amides is 1. The Bertz CT molecular complexity index is 699. The van der Waals surface area contributed by atoms with Gasteiger partial charge in [0.2, 0.25) is 0 Å². The van der Waals surface area contributed by atoms with E-state index in [2.05, 4.69) is 15.3 Å². The molecule has 2 rings (SSSR count). The van der Waals surface area contributed by atoms with Crippen LogP contribution in [0.15, 0.2) is 18.3 Å². The van der Waals surface area contributed by atoms with Gasteiger partial charge in [0.05, 0.1) is 5.69 Å². The van der Waals surface area contributed by atoms with Crippen molar-refractivity contribution in [2.75, 3.05) is 5.32 Å². The van der Waals surface area contributed by atoms with Crippen LogP contribution in [0, 0.1) is 17.0 Å². The summed E-state index contributed by atoms with van der Waals surface area (Å²) in [5.41, 5.74) is 0.397. The van der Waals surface area contributed by atoms with Gasteiger partial charge in [-0.1, -0.05) is 0 Å². The fourth-order valence-corrected chi connectivity index (χ4v) is 1.71. The Morgan fingerprint density at radius 1 is 1.40 bits per heavy atom. The summed E-state index contributed by atoms with van der Waals surface area (Å²) in [5, 5.41) is 21.9. The van der Waals surface area contributed by atoms with Crippen molar-refractivity contribution in [3.8, 4) is 0 Å². The third kappa shape index (κ3) is 2.36. The van der Waals surface area contributed by atoms with E-state index in [0.29, 0.717) is 5.69 Å². The van der Waals surface area contributed by atoms with Gasteiger partial charge in [-0.25, -0.2) is 9.78 Å². The molecule has 0 saturated heterocycles. The molecule has 0 aromatic carbocycles. The minimum absolute atomic E-state index is 0.0353. The lowest BCUT2D eigenvalue weighted by atomic mass is 10.2. The number of hydrogen-bond donors (Lipinski definition) is 4. The van der Waals surface area contributed by atoms with Gasteiger partial charge in [-0.3, -0.25) is 4.79 Å². The molecule has 0 saturated carbocycles. The molecule has 9 heteroatoms. The molecule has 2 aromatic rings. The van der Waals surface area contributed by atoms with Gasteiger partial charge in [0.1, 0.15) is 5.56 Å². The number of carboxylic acids is 1. The number of nitro groups is 1. The van der Waals surface area contributed by atoms with Crippen LogP contribution in [0.1, 0.15) is 26.5 Å². The van der Waals surface area contributed by atoms with Gasteiger partial charge >= 0.3 is 11.8 Å². The largest absolute Gasteiger partial charge is 0.478 e. The number of carboxylic acid groups (broad SMARTS) is 1. The third-order valence-electron chi connectivity index (χ3n) is 2.65. The first kappa shape index (κ1) is 13.3. The Kier molecular flexibility index (Phi) is 3.25. The highest BCUT2D eigenvalue weighted by Crippen LogP contribution is 2.20. The number of nitrogens with one attached hydrogen (secondary N) is 3. The zero-order chi connectivity index (χ0) is 14.9. The maximum absolute atomic E-state index is 11.9. The number of nitrogens with zero attached hydrogens (tertiary/aromatic N) is 1. The number of carbonyl (C=O) groups is 2. The van der Waals surface area contributed by atoms with Crippen LogP contribution < -0.4 is 5.32 Å². The van der Waals surface area contributed by atoms with Crippen LogP contribution in [0.3, 0.4) is 0 Å². The van der Waals surface area contributed by atoms with Crippen molar-refractivity contribution in [3.63, 3.8) is 0 Å². The summed E-state index contributed by atoms with van der Waals surface area (Å²) in [5.74, 6) is -2.17. The lowest BCUT2D eigenvalue weighted by Crippen LogP contribution is -2.14. The first-order chi connectivity index (χ1) is 9.40. The highest BCUT2D eigenvalue weighted by Gasteiger charge is 2.20. The Balaban J connectivity index is 2.23. The lowest BCUT2D eigenvalue weighted by molar-refractivity contribution is -0.389. The summed E-state index contributed by atoms with van der Waals surface area (Å²) in [6.07, 6.45) is 1.34. The molecule has 1 amide bonds. The number of aromatic carboxylic acids is 1. The molecule has 0 aliphatic heterocycles. The van der Waals surface area contributed by atoms with Crippen LogP contribution in [0.5, 0.6) is 0 Å². The van der Waals surface area contributed by atoms with Crippen LogP contribution in [0.25, 0.3) is 0 Å². The summed E-state index contributed by atoms with van der Waals surface area (Å²) < 4.78 is 0. The fourth-order valence-electron chi connectivity index (χ4n) is 1.71. The molecule has 9 nitrogen and oxygen atoms in total. The zero-order valence-electron chi connectivity index (χ0n) is 10.3. The molecule has 2 aromatic heterocycles. The quantitative estimate of drug-likeness (QED) is 0.495. The van der Waals surface area contributed by atoms with Gasteiger partial charge in [0, 0.05) is 18.0 Å². The molecule has 0 unspecified atom stereocenters. The number of hydrogen-bond acceptors (Lipinski definition) is 4. The second-order valence-electron chi connectivity index (χ2n) is 3.98. The molecule has 0 spiro atoms. The molecule has 2 heterocycles. The van der Waals surface area contributed by atoms with Gasteiger partial charge in [-0.2, -0.15) is 0 Å². The summed E-state index contributed by atoms with van der Waals surface area (Å²) in [6.45, 7) is 1.55. The van der Waals surface area contributed by atoms with E-state index in [1.54, 1.807) is 6.92 Å². The van der Waals surface area contributed by atoms with E-state index in [1.165, 1.54) is 12.3 Å². The van der Waals surface area contributed by atoms with Crippen LogP contribution in [-0.4, -0.2) is 31.9 Å². The van der Waals surface area contributed by atoms with E-state index in [-0.39, 0.29) is 22.8 Å². The number of carbonyl (C=O) groups excluding carboxylic acids is 1. The summed E-state index contributed by atoms with van der Waals surface area (Å²) >= 11 is 0. The minimum Gasteiger partial charge on any atom is -0.478 e. The number of H-pyrrole nitrogens is 2. The van der Waals surface area contributed by atoms with E-state index in [9.17, 15) is 19.7 Å². The van der Waals surface area contributed by atoms with Crippen molar-refractivity contribution in [2.24, 2.45) is 0 Å². The van der Waals surface area contributed by atoms with Crippen molar-refractivity contribution >= 4 is 23.4 Å². The second-order valence-corrected chi connectivity index (χ2v) is 3.98. The summed E-state index contributed by atoms with van der Waals surface area (Å²) in [6, 6.07) is 2.39. The molecule has 104 valence electrons. The minimum atomic E-state index is -1.18. The second kappa shape index (κ2) is 4.88. The Labute approximate surface area is 111 Å². The standard InChI is InChI=1S/C11H10N4O5/c1-5-9(11(17)18)7(4-12-5)14-10(16)6-2-3-8(13-6)15(19)20/h2-4,12-13H,1H3,(H,14,16)(H,17,18). The van der Waals surface area contributed by atoms with E-state index < -0.39 is 16.8 Å². The Hall–Kier alpha value is -3.10. The maximum atomic E-state index is 11.9. The molecule has 0 atom stereocenters. The Morgan fingerprint density at radius 2 is 2.10 bits per heavy atom. The van der Waals surface area contributed by atoms with Crippen molar-refractivity contribution in [2.45, 2.75) is 6.92 Å². The van der Waals surface area contributed by atoms with Crippen LogP contribution >= 0.6 is 0 Å². The lowest BCUT2D eigenvalue weighted by Gasteiger charge is -2.01. The third-order valence-corrected chi connectivity index (χ3v) is 2.65. The molecule has 20 heavy (non-hydrogen) atoms. The van der Waals surface area contributed by atoms with Gasteiger partial charge in [0.15, 0.2) is 5.69 Å². The normalized spacial score (nSPS) is 10.2. The van der Waals surface area contributed by atoms with Crippen LogP contribution in [-0.2, 0) is 0 Å². The first-order valence-electron chi connectivity index (χ1n) is 5.46. The maximum Gasteiger partial charge on any atom is 0.339 e. The van der Waals surface area contributed by atoms with E-state index >= 15 is 0 Å². The van der Waals surface area contributed by atoms with E-state index in [1.807, 2.05) is 0 Å². The topological polar surface area (TPSA) is 141 Å². The highest BCUT2D eigenvalue weighted by molar-refractivity contribution is 6.07. The van der Waals surface area contributed by atoms with Gasteiger partial charge < -0.3 is 25.5 Å². The van der Waals surface area contributed by atoms with Gasteiger partial charge in [-0.05, 0) is 17.9 Å². The van der Waals surface area contributed by atoms with Crippen molar-refractivity contribution in [1.29, 1.82) is 0 Å². The molecular formula is C11H10N4O5. The molecular weight excluding hydrogens is 268 g/mol. The molecule has 0 fully saturated rings. The molecule has 0 aliphatic carbocycles. The van der Waals surface area contributed by atoms with E-state index in [0.717, 1.165) is 6.07 Å². The highest BCUT2D eigenvalue weighted by atomic mass is 16.6. The molecule has 0 radical (unpaired) electrons. The number of aromatic amines is 2. The number of rotatable bonds is 4. The molecule has 0 bridgehead atoms.